The third kappa shape index (κ3) is 4.19. The Balaban J connectivity index is 1.51. The summed E-state index contributed by atoms with van der Waals surface area (Å²) < 4.78 is 11.4. The molecule has 45 heavy (non-hydrogen) atoms. The Labute approximate surface area is 263 Å². The van der Waals surface area contributed by atoms with Gasteiger partial charge in [0, 0.05) is 39.9 Å². The number of carbonyl (C=O) groups is 3. The van der Waals surface area contributed by atoms with Gasteiger partial charge in [0.1, 0.15) is 23.0 Å². The molecule has 0 bridgehead atoms. The molecular formula is C39H35NO5. The van der Waals surface area contributed by atoms with E-state index in [2.05, 4.69) is 13.8 Å². The number of hydrogen-bond acceptors (Lipinski definition) is 6. The van der Waals surface area contributed by atoms with Gasteiger partial charge in [-0.1, -0.05) is 98.8 Å². The molecule has 0 unspecified atom stereocenters. The van der Waals surface area contributed by atoms with E-state index in [1.54, 1.807) is 50.6 Å². The molecule has 0 aromatic heterocycles. The topological polar surface area (TPSA) is 72.9 Å². The Bertz CT molecular complexity index is 1840. The number of anilines is 1. The molecule has 4 aromatic rings. The number of methoxy groups -OCH3 is 2. The maximum Gasteiger partial charge on any atom is 0.185 e. The first-order valence-electron chi connectivity index (χ1n) is 15.4. The van der Waals surface area contributed by atoms with Crippen molar-refractivity contribution in [2.45, 2.75) is 38.3 Å². The molecule has 1 aliphatic carbocycles. The molecule has 226 valence electrons. The van der Waals surface area contributed by atoms with Gasteiger partial charge >= 0.3 is 0 Å². The van der Waals surface area contributed by atoms with Crippen molar-refractivity contribution in [1.82, 2.24) is 0 Å². The molecule has 0 N–H and O–H groups in total. The Morgan fingerprint density at radius 3 is 2.16 bits per heavy atom. The summed E-state index contributed by atoms with van der Waals surface area (Å²) in [5, 5.41) is 0. The maximum absolute atomic E-state index is 15.0. The highest BCUT2D eigenvalue weighted by molar-refractivity contribution is 6.32. The SMILES string of the molecule is COc1ccc([C@H]2[C@H](C(=O)c3ccc(CC(C)C)cc3)N3c4ccccc4C=C[C@H]3C23C(=O)c2ccccc2C3=O)c(OC)c1. The van der Waals surface area contributed by atoms with Crippen LogP contribution in [0.1, 0.15) is 67.5 Å². The largest absolute Gasteiger partial charge is 0.497 e. The lowest BCUT2D eigenvalue weighted by Crippen LogP contribution is -2.48. The van der Waals surface area contributed by atoms with E-state index in [9.17, 15) is 9.59 Å². The molecule has 4 aromatic carbocycles. The lowest BCUT2D eigenvalue weighted by Gasteiger charge is -2.37. The molecule has 7 rings (SSSR count). The predicted octanol–water partition coefficient (Wildman–Crippen LogP) is 7.22. The molecule has 1 fully saturated rings. The normalized spacial score (nSPS) is 20.7. The molecule has 0 radical (unpaired) electrons. The third-order valence-corrected chi connectivity index (χ3v) is 9.64. The molecule has 2 aliphatic heterocycles. The number of nitrogens with zero attached hydrogens (tertiary/aromatic N) is 1. The fourth-order valence-electron chi connectivity index (χ4n) is 7.78. The Hall–Kier alpha value is -4.97. The Morgan fingerprint density at radius 1 is 0.844 bits per heavy atom. The Kier molecular flexibility index (Phi) is 6.96. The molecular weight excluding hydrogens is 562 g/mol. The summed E-state index contributed by atoms with van der Waals surface area (Å²) in [6.07, 6.45) is 4.81. The van der Waals surface area contributed by atoms with E-state index >= 15 is 4.79 Å². The number of ketones is 3. The van der Waals surface area contributed by atoms with Crippen LogP contribution in [0.4, 0.5) is 5.69 Å². The van der Waals surface area contributed by atoms with Gasteiger partial charge in [-0.05, 0) is 35.6 Å². The van der Waals surface area contributed by atoms with Gasteiger partial charge < -0.3 is 14.4 Å². The van der Waals surface area contributed by atoms with Crippen LogP contribution < -0.4 is 14.4 Å². The molecule has 6 nitrogen and oxygen atoms in total. The first kappa shape index (κ1) is 28.8. The van der Waals surface area contributed by atoms with Crippen molar-refractivity contribution in [1.29, 1.82) is 0 Å². The quantitative estimate of drug-likeness (QED) is 0.166. The van der Waals surface area contributed by atoms with Crippen molar-refractivity contribution in [3.8, 4) is 11.5 Å². The number of Topliss-reactive ketones (excluding diaryl/α,β-unsaturated/α-hetero) is 3. The fraction of sp³-hybridized carbons (Fsp3) is 0.256. The van der Waals surface area contributed by atoms with E-state index < -0.39 is 23.4 Å². The molecule has 0 saturated carbocycles. The summed E-state index contributed by atoms with van der Waals surface area (Å²) in [5.41, 5.74) is 3.20. The van der Waals surface area contributed by atoms with Crippen molar-refractivity contribution in [3.05, 3.63) is 130 Å². The second kappa shape index (κ2) is 10.9. The van der Waals surface area contributed by atoms with Gasteiger partial charge in [0.2, 0.25) is 0 Å². The summed E-state index contributed by atoms with van der Waals surface area (Å²) in [6.45, 7) is 4.33. The van der Waals surface area contributed by atoms with Crippen molar-refractivity contribution in [2.75, 3.05) is 19.1 Å². The molecule has 3 atom stereocenters. The average molecular weight is 598 g/mol. The number of hydrogen-bond donors (Lipinski definition) is 0. The fourth-order valence-corrected chi connectivity index (χ4v) is 7.78. The lowest BCUT2D eigenvalue weighted by molar-refractivity contribution is 0.0665. The molecule has 3 aliphatic rings. The van der Waals surface area contributed by atoms with E-state index in [1.807, 2.05) is 71.6 Å². The van der Waals surface area contributed by atoms with Crippen LogP contribution in [0.3, 0.4) is 0 Å². The molecule has 2 heterocycles. The number of para-hydroxylation sites is 1. The van der Waals surface area contributed by atoms with Gasteiger partial charge in [-0.2, -0.15) is 0 Å². The van der Waals surface area contributed by atoms with Gasteiger partial charge in [-0.25, -0.2) is 0 Å². The van der Waals surface area contributed by atoms with Crippen LogP contribution in [0.5, 0.6) is 11.5 Å². The highest BCUT2D eigenvalue weighted by Gasteiger charge is 2.72. The zero-order valence-electron chi connectivity index (χ0n) is 25.8. The van der Waals surface area contributed by atoms with E-state index in [0.717, 1.165) is 23.2 Å². The van der Waals surface area contributed by atoms with Crippen molar-refractivity contribution < 1.29 is 23.9 Å². The number of carbonyl (C=O) groups excluding carboxylic acids is 3. The summed E-state index contributed by atoms with van der Waals surface area (Å²) in [7, 11) is 3.13. The maximum atomic E-state index is 15.0. The van der Waals surface area contributed by atoms with Gasteiger partial charge in [-0.15, -0.1) is 0 Å². The van der Waals surface area contributed by atoms with Crippen molar-refractivity contribution >= 4 is 29.1 Å². The van der Waals surface area contributed by atoms with Crippen LogP contribution in [-0.2, 0) is 6.42 Å². The monoisotopic (exact) mass is 597 g/mol. The first-order valence-corrected chi connectivity index (χ1v) is 15.4. The van der Waals surface area contributed by atoms with Gasteiger partial charge in [0.15, 0.2) is 17.3 Å². The minimum Gasteiger partial charge on any atom is -0.497 e. The number of rotatable bonds is 7. The zero-order chi connectivity index (χ0) is 31.5. The molecule has 0 amide bonds. The highest BCUT2D eigenvalue weighted by Crippen LogP contribution is 2.62. The van der Waals surface area contributed by atoms with Gasteiger partial charge in [0.05, 0.1) is 20.3 Å². The number of ether oxygens (including phenoxy) is 2. The summed E-state index contributed by atoms with van der Waals surface area (Å²) >= 11 is 0. The highest BCUT2D eigenvalue weighted by atomic mass is 16.5. The van der Waals surface area contributed by atoms with Crippen LogP contribution >= 0.6 is 0 Å². The Morgan fingerprint density at radius 2 is 1.51 bits per heavy atom. The average Bonchev–Trinajstić information content (AvgIpc) is 3.50. The predicted molar refractivity (Wildman–Crippen MR) is 175 cm³/mol. The summed E-state index contributed by atoms with van der Waals surface area (Å²) in [6, 6.07) is 26.4. The van der Waals surface area contributed by atoms with Crippen LogP contribution in [0.2, 0.25) is 0 Å². The van der Waals surface area contributed by atoms with Crippen LogP contribution in [0, 0.1) is 11.3 Å². The van der Waals surface area contributed by atoms with Crippen LogP contribution in [0.25, 0.3) is 6.08 Å². The smallest absolute Gasteiger partial charge is 0.185 e. The summed E-state index contributed by atoms with van der Waals surface area (Å²) in [5.74, 6) is -0.0577. The van der Waals surface area contributed by atoms with Crippen molar-refractivity contribution in [3.63, 3.8) is 0 Å². The minimum absolute atomic E-state index is 0.155. The minimum atomic E-state index is -1.60. The van der Waals surface area contributed by atoms with E-state index in [1.165, 1.54) is 0 Å². The second-order valence-corrected chi connectivity index (χ2v) is 12.5. The van der Waals surface area contributed by atoms with E-state index in [4.69, 9.17) is 9.47 Å². The van der Waals surface area contributed by atoms with Crippen molar-refractivity contribution in [2.24, 2.45) is 11.3 Å². The summed E-state index contributed by atoms with van der Waals surface area (Å²) in [4.78, 5) is 46.8. The lowest BCUT2D eigenvalue weighted by atomic mass is 9.64. The standard InChI is InChI=1S/C39H35NO5/c1-23(2)21-24-13-15-26(16-14-24)36(41)35-34(30-19-18-27(44-3)22-32(30)45-4)39(37(42)28-10-6-7-11-29(28)38(39)43)33-20-17-25-9-5-8-12-31(25)40(33)35/h5-20,22-23,33-35H,21H2,1-4H3/t33-,34-,35+/m0/s1. The first-order chi connectivity index (χ1) is 21.8. The van der Waals surface area contributed by atoms with Gasteiger partial charge in [-0.3, -0.25) is 14.4 Å². The number of fused-ring (bicyclic) bond motifs is 5. The van der Waals surface area contributed by atoms with E-state index in [-0.39, 0.29) is 17.3 Å². The molecule has 6 heteroatoms. The zero-order valence-corrected chi connectivity index (χ0v) is 25.8. The van der Waals surface area contributed by atoms with Crippen LogP contribution in [0.15, 0.2) is 97.1 Å². The van der Waals surface area contributed by atoms with Crippen LogP contribution in [-0.4, -0.2) is 43.7 Å². The molecule has 1 saturated heterocycles. The number of benzene rings is 4. The van der Waals surface area contributed by atoms with Gasteiger partial charge in [0.25, 0.3) is 0 Å². The third-order valence-electron chi connectivity index (χ3n) is 9.64. The molecule has 1 spiro atoms. The van der Waals surface area contributed by atoms with E-state index in [0.29, 0.717) is 39.7 Å². The second-order valence-electron chi connectivity index (χ2n) is 12.5.